The van der Waals surface area contributed by atoms with Gasteiger partial charge in [0.05, 0.1) is 5.69 Å². The molecule has 7 heteroatoms. The van der Waals surface area contributed by atoms with Crippen molar-refractivity contribution in [1.82, 2.24) is 9.97 Å². The molecular weight excluding hydrogens is 374 g/mol. The minimum absolute atomic E-state index is 0.153. The van der Waals surface area contributed by atoms with Crippen LogP contribution in [-0.4, -0.2) is 28.6 Å². The molecule has 4 aromatic rings. The topological polar surface area (TPSA) is 73.3 Å². The molecule has 1 N–H and O–H groups in total. The molecule has 6 nitrogen and oxygen atoms in total. The van der Waals surface area contributed by atoms with Crippen LogP contribution in [0.1, 0.15) is 0 Å². The van der Waals surface area contributed by atoms with Gasteiger partial charge in [0, 0.05) is 23.3 Å². The molecule has 1 amide bonds. The summed E-state index contributed by atoms with van der Waals surface area (Å²) in [6.45, 7) is 0.153. The average molecular weight is 389 g/mol. The SMILES string of the molecule is O=C(Nc1nc(-c2ccncc2)cs1)C1COc2cc3ccccc3cc2O1. The highest BCUT2D eigenvalue weighted by Gasteiger charge is 2.28. The maximum absolute atomic E-state index is 12.6. The van der Waals surface area contributed by atoms with Gasteiger partial charge in [0.1, 0.15) is 6.61 Å². The number of carbonyl (C=O) groups is 1. The second-order valence-electron chi connectivity index (χ2n) is 6.33. The van der Waals surface area contributed by atoms with Crippen LogP contribution in [0.2, 0.25) is 0 Å². The van der Waals surface area contributed by atoms with Gasteiger partial charge in [-0.05, 0) is 35.0 Å². The van der Waals surface area contributed by atoms with Crippen LogP contribution in [0.15, 0.2) is 66.3 Å². The summed E-state index contributed by atoms with van der Waals surface area (Å²) in [6, 6.07) is 15.5. The van der Waals surface area contributed by atoms with E-state index in [2.05, 4.69) is 15.3 Å². The van der Waals surface area contributed by atoms with Crippen molar-refractivity contribution >= 4 is 33.1 Å². The molecule has 1 atom stereocenters. The lowest BCUT2D eigenvalue weighted by Gasteiger charge is -2.25. The van der Waals surface area contributed by atoms with Gasteiger partial charge in [0.25, 0.3) is 5.91 Å². The summed E-state index contributed by atoms with van der Waals surface area (Å²) >= 11 is 1.36. The predicted octanol–water partition coefficient (Wildman–Crippen LogP) is 4.14. The van der Waals surface area contributed by atoms with Crippen LogP contribution in [0.3, 0.4) is 0 Å². The number of hydrogen-bond donors (Lipinski definition) is 1. The Bertz CT molecular complexity index is 1160. The standard InChI is InChI=1S/C21H15N3O3S/c25-20(24-21-23-16(12-28-21)13-5-7-22-8-6-13)19-11-26-17-9-14-3-1-2-4-15(14)10-18(17)27-19/h1-10,12,19H,11H2,(H,23,24,25). The summed E-state index contributed by atoms with van der Waals surface area (Å²) in [5, 5.41) is 7.33. The third kappa shape index (κ3) is 3.16. The molecule has 0 bridgehead atoms. The second-order valence-corrected chi connectivity index (χ2v) is 7.18. The van der Waals surface area contributed by atoms with Crippen molar-refractivity contribution in [2.45, 2.75) is 6.10 Å². The van der Waals surface area contributed by atoms with Crippen LogP contribution in [-0.2, 0) is 4.79 Å². The van der Waals surface area contributed by atoms with Crippen molar-refractivity contribution in [2.75, 3.05) is 11.9 Å². The van der Waals surface area contributed by atoms with E-state index in [9.17, 15) is 4.79 Å². The molecule has 2 aromatic carbocycles. The monoisotopic (exact) mass is 389 g/mol. The van der Waals surface area contributed by atoms with Crippen LogP contribution in [0.5, 0.6) is 11.5 Å². The zero-order valence-electron chi connectivity index (χ0n) is 14.7. The van der Waals surface area contributed by atoms with E-state index in [4.69, 9.17) is 9.47 Å². The molecular formula is C21H15N3O3S. The largest absolute Gasteiger partial charge is 0.485 e. The van der Waals surface area contributed by atoms with Crippen molar-refractivity contribution in [2.24, 2.45) is 0 Å². The van der Waals surface area contributed by atoms with E-state index in [1.165, 1.54) is 11.3 Å². The maximum Gasteiger partial charge on any atom is 0.270 e. The van der Waals surface area contributed by atoms with Crippen LogP contribution < -0.4 is 14.8 Å². The van der Waals surface area contributed by atoms with Gasteiger partial charge in [-0.15, -0.1) is 11.3 Å². The zero-order valence-corrected chi connectivity index (χ0v) is 15.5. The molecule has 0 aliphatic carbocycles. The molecule has 0 saturated carbocycles. The Labute approximate surface area is 164 Å². The Morgan fingerprint density at radius 2 is 1.82 bits per heavy atom. The fourth-order valence-corrected chi connectivity index (χ4v) is 3.78. The quantitative estimate of drug-likeness (QED) is 0.570. The number of anilines is 1. The van der Waals surface area contributed by atoms with Crippen molar-refractivity contribution < 1.29 is 14.3 Å². The number of thiazole rings is 1. The van der Waals surface area contributed by atoms with E-state index >= 15 is 0 Å². The summed E-state index contributed by atoms with van der Waals surface area (Å²) < 4.78 is 11.7. The van der Waals surface area contributed by atoms with Gasteiger partial charge in [0.2, 0.25) is 6.10 Å². The third-order valence-electron chi connectivity index (χ3n) is 4.47. The van der Waals surface area contributed by atoms with E-state index in [0.29, 0.717) is 16.6 Å². The molecule has 0 radical (unpaired) electrons. The first-order valence-corrected chi connectivity index (χ1v) is 9.63. The molecule has 1 aliphatic rings. The Morgan fingerprint density at radius 1 is 1.07 bits per heavy atom. The van der Waals surface area contributed by atoms with Gasteiger partial charge in [-0.3, -0.25) is 15.1 Å². The van der Waals surface area contributed by atoms with Gasteiger partial charge in [0.15, 0.2) is 16.6 Å². The molecule has 138 valence electrons. The maximum atomic E-state index is 12.6. The van der Waals surface area contributed by atoms with Crippen molar-refractivity contribution in [1.29, 1.82) is 0 Å². The number of carbonyl (C=O) groups excluding carboxylic acids is 1. The number of hydrogen-bond acceptors (Lipinski definition) is 6. The number of nitrogens with zero attached hydrogens (tertiary/aromatic N) is 2. The van der Waals surface area contributed by atoms with Crippen molar-refractivity contribution in [3.63, 3.8) is 0 Å². The smallest absolute Gasteiger partial charge is 0.270 e. The van der Waals surface area contributed by atoms with Gasteiger partial charge < -0.3 is 9.47 Å². The molecule has 1 aliphatic heterocycles. The minimum atomic E-state index is -0.734. The van der Waals surface area contributed by atoms with Crippen LogP contribution in [0.25, 0.3) is 22.0 Å². The zero-order chi connectivity index (χ0) is 18.9. The summed E-state index contributed by atoms with van der Waals surface area (Å²) in [7, 11) is 0. The lowest BCUT2D eigenvalue weighted by Crippen LogP contribution is -2.40. The number of rotatable bonds is 3. The Balaban J connectivity index is 1.32. The lowest BCUT2D eigenvalue weighted by atomic mass is 10.1. The van der Waals surface area contributed by atoms with Crippen LogP contribution in [0, 0.1) is 0 Å². The summed E-state index contributed by atoms with van der Waals surface area (Å²) in [5.74, 6) is 0.938. The lowest BCUT2D eigenvalue weighted by molar-refractivity contribution is -0.125. The number of fused-ring (bicyclic) bond motifs is 2. The Hall–Kier alpha value is -3.45. The Morgan fingerprint density at radius 3 is 2.61 bits per heavy atom. The highest BCUT2D eigenvalue weighted by Crippen LogP contribution is 2.36. The number of aromatic nitrogens is 2. The molecule has 5 rings (SSSR count). The van der Waals surface area contributed by atoms with Crippen LogP contribution in [0.4, 0.5) is 5.13 Å². The van der Waals surface area contributed by atoms with E-state index in [0.717, 1.165) is 22.0 Å². The highest BCUT2D eigenvalue weighted by atomic mass is 32.1. The summed E-state index contributed by atoms with van der Waals surface area (Å²) in [5.41, 5.74) is 1.74. The van der Waals surface area contributed by atoms with Crippen molar-refractivity contribution in [3.8, 4) is 22.8 Å². The Kier molecular flexibility index (Phi) is 4.14. The third-order valence-corrected chi connectivity index (χ3v) is 5.23. The van der Waals surface area contributed by atoms with Gasteiger partial charge in [-0.1, -0.05) is 24.3 Å². The van der Waals surface area contributed by atoms with E-state index in [1.54, 1.807) is 12.4 Å². The van der Waals surface area contributed by atoms with E-state index < -0.39 is 6.10 Å². The van der Waals surface area contributed by atoms with Gasteiger partial charge >= 0.3 is 0 Å². The summed E-state index contributed by atoms with van der Waals surface area (Å²) in [4.78, 5) is 21.1. The van der Waals surface area contributed by atoms with Crippen LogP contribution >= 0.6 is 11.3 Å². The average Bonchev–Trinajstić information content (AvgIpc) is 3.21. The fourth-order valence-electron chi connectivity index (χ4n) is 3.06. The second kappa shape index (κ2) is 6.94. The van der Waals surface area contributed by atoms with Gasteiger partial charge in [-0.25, -0.2) is 4.98 Å². The van der Waals surface area contributed by atoms with E-state index in [1.807, 2.05) is 53.9 Å². The molecule has 28 heavy (non-hydrogen) atoms. The number of pyridine rings is 1. The first-order valence-electron chi connectivity index (χ1n) is 8.75. The van der Waals surface area contributed by atoms with Crippen molar-refractivity contribution in [3.05, 3.63) is 66.3 Å². The fraction of sp³-hybridized carbons (Fsp3) is 0.0952. The molecule has 0 fully saturated rings. The first-order chi connectivity index (χ1) is 13.8. The predicted molar refractivity (Wildman–Crippen MR) is 108 cm³/mol. The molecule has 1 unspecified atom stereocenters. The normalized spacial score (nSPS) is 15.4. The number of benzene rings is 2. The highest BCUT2D eigenvalue weighted by molar-refractivity contribution is 7.14. The number of nitrogens with one attached hydrogen (secondary N) is 1. The number of amides is 1. The van der Waals surface area contributed by atoms with Gasteiger partial charge in [-0.2, -0.15) is 0 Å². The minimum Gasteiger partial charge on any atom is -0.485 e. The molecule has 2 aromatic heterocycles. The molecule has 3 heterocycles. The summed E-state index contributed by atoms with van der Waals surface area (Å²) in [6.07, 6.45) is 2.68. The molecule has 0 saturated heterocycles. The molecule has 0 spiro atoms. The van der Waals surface area contributed by atoms with E-state index in [-0.39, 0.29) is 12.5 Å². The number of ether oxygens (including phenoxy) is 2. The first kappa shape index (κ1) is 16.7.